The Morgan fingerprint density at radius 3 is 2.45 bits per heavy atom. The number of nitrogens with one attached hydrogen (secondary N) is 2. The van der Waals surface area contributed by atoms with Crippen LogP contribution in [0.25, 0.3) is 0 Å². The van der Waals surface area contributed by atoms with Crippen LogP contribution >= 0.6 is 24.0 Å². The predicted molar refractivity (Wildman–Crippen MR) is 99.1 cm³/mol. The third-order valence-corrected chi connectivity index (χ3v) is 2.90. The van der Waals surface area contributed by atoms with Crippen molar-refractivity contribution in [2.45, 2.75) is 39.5 Å². The molecule has 0 amide bonds. The maximum Gasteiger partial charge on any atom is 0.191 e. The van der Waals surface area contributed by atoms with Crippen LogP contribution in [0.5, 0.6) is 0 Å². The number of hydrogen-bond acceptors (Lipinski definition) is 1. The second-order valence-corrected chi connectivity index (χ2v) is 4.63. The minimum absolute atomic E-state index is 0. The molecule has 1 aromatic carbocycles. The summed E-state index contributed by atoms with van der Waals surface area (Å²) in [7, 11) is 0. The zero-order chi connectivity index (χ0) is 13.8. The Hall–Kier alpha value is -0.780. The van der Waals surface area contributed by atoms with Crippen molar-refractivity contribution in [2.24, 2.45) is 4.99 Å². The standard InChI is InChI=1S/C16H27N3.HI/c1-3-5-13-18-16(17-4-2)19-14-9-12-15-10-7-6-8-11-15;/h6-8,10-11H,3-5,9,12-14H2,1-2H3,(H2,17,18,19);1H. The molecule has 0 unspecified atom stereocenters. The number of aliphatic imine (C=N–C) groups is 1. The second kappa shape index (κ2) is 13.2. The van der Waals surface area contributed by atoms with Crippen molar-refractivity contribution in [1.29, 1.82) is 0 Å². The fraction of sp³-hybridized carbons (Fsp3) is 0.562. The lowest BCUT2D eigenvalue weighted by Crippen LogP contribution is -2.37. The summed E-state index contributed by atoms with van der Waals surface area (Å²) in [4.78, 5) is 4.59. The fourth-order valence-electron chi connectivity index (χ4n) is 1.84. The van der Waals surface area contributed by atoms with Crippen LogP contribution in [0.3, 0.4) is 0 Å². The lowest BCUT2D eigenvalue weighted by Gasteiger charge is -2.10. The zero-order valence-electron chi connectivity index (χ0n) is 12.7. The highest BCUT2D eigenvalue weighted by molar-refractivity contribution is 14.0. The molecule has 0 aromatic heterocycles. The van der Waals surface area contributed by atoms with Gasteiger partial charge in [0.25, 0.3) is 0 Å². The lowest BCUT2D eigenvalue weighted by molar-refractivity contribution is 0.725. The average molecular weight is 389 g/mol. The van der Waals surface area contributed by atoms with Crippen molar-refractivity contribution in [2.75, 3.05) is 19.6 Å². The van der Waals surface area contributed by atoms with E-state index in [0.29, 0.717) is 0 Å². The van der Waals surface area contributed by atoms with Gasteiger partial charge in [-0.25, -0.2) is 0 Å². The number of nitrogens with zero attached hydrogens (tertiary/aromatic N) is 1. The molecule has 0 bridgehead atoms. The van der Waals surface area contributed by atoms with Crippen molar-refractivity contribution in [3.8, 4) is 0 Å². The Kier molecular flexibility index (Phi) is 12.7. The van der Waals surface area contributed by atoms with E-state index >= 15 is 0 Å². The molecule has 114 valence electrons. The highest BCUT2D eigenvalue weighted by Gasteiger charge is 1.96. The Bertz CT molecular complexity index is 352. The van der Waals surface area contributed by atoms with Gasteiger partial charge in [-0.15, -0.1) is 24.0 Å². The molecular formula is C16H28IN3. The van der Waals surface area contributed by atoms with E-state index in [1.54, 1.807) is 0 Å². The molecule has 0 aliphatic heterocycles. The summed E-state index contributed by atoms with van der Waals surface area (Å²) in [6.45, 7) is 7.08. The topological polar surface area (TPSA) is 36.4 Å². The first kappa shape index (κ1) is 19.2. The summed E-state index contributed by atoms with van der Waals surface area (Å²) in [5.41, 5.74) is 1.39. The van der Waals surface area contributed by atoms with Crippen molar-refractivity contribution in [3.05, 3.63) is 35.9 Å². The first-order valence-electron chi connectivity index (χ1n) is 7.43. The summed E-state index contributed by atoms with van der Waals surface area (Å²) in [6, 6.07) is 10.6. The number of halogens is 1. The first-order valence-corrected chi connectivity index (χ1v) is 7.43. The number of hydrogen-bond donors (Lipinski definition) is 2. The van der Waals surface area contributed by atoms with Crippen LogP contribution in [0.4, 0.5) is 0 Å². The molecule has 3 nitrogen and oxygen atoms in total. The van der Waals surface area contributed by atoms with Gasteiger partial charge in [0.2, 0.25) is 0 Å². The normalized spacial score (nSPS) is 10.8. The quantitative estimate of drug-likeness (QED) is 0.309. The van der Waals surface area contributed by atoms with E-state index in [1.165, 1.54) is 18.4 Å². The SMILES string of the molecule is CCCCNC(=NCCCc1ccccc1)NCC.I. The van der Waals surface area contributed by atoms with Crippen LogP contribution in [0.2, 0.25) is 0 Å². The van der Waals surface area contributed by atoms with Gasteiger partial charge in [-0.1, -0.05) is 43.7 Å². The monoisotopic (exact) mass is 389 g/mol. The molecule has 0 spiro atoms. The van der Waals surface area contributed by atoms with Crippen molar-refractivity contribution >= 4 is 29.9 Å². The van der Waals surface area contributed by atoms with Gasteiger partial charge in [0.05, 0.1) is 0 Å². The summed E-state index contributed by atoms with van der Waals surface area (Å²) in [5, 5.41) is 6.64. The molecule has 0 saturated carbocycles. The average Bonchev–Trinajstić information content (AvgIpc) is 2.45. The molecule has 0 saturated heterocycles. The first-order chi connectivity index (χ1) is 9.36. The van der Waals surface area contributed by atoms with Gasteiger partial charge < -0.3 is 10.6 Å². The molecule has 1 aromatic rings. The van der Waals surface area contributed by atoms with Gasteiger partial charge in [-0.2, -0.15) is 0 Å². The van der Waals surface area contributed by atoms with E-state index in [2.05, 4.69) is 59.8 Å². The maximum atomic E-state index is 4.59. The highest BCUT2D eigenvalue weighted by atomic mass is 127. The molecule has 0 fully saturated rings. The van der Waals surface area contributed by atoms with Crippen LogP contribution in [-0.2, 0) is 6.42 Å². The number of benzene rings is 1. The van der Waals surface area contributed by atoms with Crippen LogP contribution in [0.15, 0.2) is 35.3 Å². The van der Waals surface area contributed by atoms with Crippen LogP contribution < -0.4 is 10.6 Å². The van der Waals surface area contributed by atoms with E-state index in [4.69, 9.17) is 0 Å². The molecule has 4 heteroatoms. The largest absolute Gasteiger partial charge is 0.357 e. The van der Waals surface area contributed by atoms with E-state index in [1.807, 2.05) is 0 Å². The third-order valence-electron chi connectivity index (χ3n) is 2.90. The molecular weight excluding hydrogens is 361 g/mol. The highest BCUT2D eigenvalue weighted by Crippen LogP contribution is 2.02. The molecule has 0 radical (unpaired) electrons. The van der Waals surface area contributed by atoms with Gasteiger partial charge in [-0.05, 0) is 31.7 Å². The molecule has 1 rings (SSSR count). The van der Waals surface area contributed by atoms with E-state index < -0.39 is 0 Å². The third kappa shape index (κ3) is 9.18. The fourth-order valence-corrected chi connectivity index (χ4v) is 1.84. The van der Waals surface area contributed by atoms with E-state index in [0.717, 1.165) is 38.4 Å². The van der Waals surface area contributed by atoms with Crippen LogP contribution in [0.1, 0.15) is 38.7 Å². The molecule has 20 heavy (non-hydrogen) atoms. The molecule has 0 aliphatic carbocycles. The van der Waals surface area contributed by atoms with Crippen molar-refractivity contribution < 1.29 is 0 Å². The van der Waals surface area contributed by atoms with Gasteiger partial charge >= 0.3 is 0 Å². The molecule has 2 N–H and O–H groups in total. The van der Waals surface area contributed by atoms with E-state index in [-0.39, 0.29) is 24.0 Å². The summed E-state index contributed by atoms with van der Waals surface area (Å²) < 4.78 is 0. The molecule has 0 aliphatic rings. The Morgan fingerprint density at radius 1 is 1.05 bits per heavy atom. The van der Waals surface area contributed by atoms with Crippen LogP contribution in [0, 0.1) is 0 Å². The minimum Gasteiger partial charge on any atom is -0.357 e. The maximum absolute atomic E-state index is 4.59. The number of rotatable bonds is 8. The number of unbranched alkanes of at least 4 members (excludes halogenated alkanes) is 1. The Balaban J connectivity index is 0.00000361. The Labute approximate surface area is 140 Å². The molecule has 0 atom stereocenters. The van der Waals surface area contributed by atoms with E-state index in [9.17, 15) is 0 Å². The number of aryl methyl sites for hydroxylation is 1. The smallest absolute Gasteiger partial charge is 0.191 e. The van der Waals surface area contributed by atoms with Crippen LogP contribution in [-0.4, -0.2) is 25.6 Å². The van der Waals surface area contributed by atoms with Gasteiger partial charge in [0, 0.05) is 19.6 Å². The summed E-state index contributed by atoms with van der Waals surface area (Å²) >= 11 is 0. The molecule has 0 heterocycles. The van der Waals surface area contributed by atoms with Gasteiger partial charge in [0.1, 0.15) is 0 Å². The lowest BCUT2D eigenvalue weighted by atomic mass is 10.1. The number of guanidine groups is 1. The Morgan fingerprint density at radius 2 is 1.80 bits per heavy atom. The summed E-state index contributed by atoms with van der Waals surface area (Å²) in [5.74, 6) is 0.948. The van der Waals surface area contributed by atoms with Gasteiger partial charge in [0.15, 0.2) is 5.96 Å². The zero-order valence-corrected chi connectivity index (χ0v) is 15.0. The second-order valence-electron chi connectivity index (χ2n) is 4.63. The minimum atomic E-state index is 0. The summed E-state index contributed by atoms with van der Waals surface area (Å²) in [6.07, 6.45) is 4.59. The predicted octanol–water partition coefficient (Wildman–Crippen LogP) is 3.59. The van der Waals surface area contributed by atoms with Crippen molar-refractivity contribution in [3.63, 3.8) is 0 Å². The van der Waals surface area contributed by atoms with Gasteiger partial charge in [-0.3, -0.25) is 4.99 Å². The van der Waals surface area contributed by atoms with Crippen molar-refractivity contribution in [1.82, 2.24) is 10.6 Å².